The van der Waals surface area contributed by atoms with Gasteiger partial charge >= 0.3 is 0 Å². The minimum absolute atomic E-state index is 0.0211. The first-order valence-corrected chi connectivity index (χ1v) is 11.4. The van der Waals surface area contributed by atoms with E-state index in [2.05, 4.69) is 10.3 Å². The number of piperidine rings is 1. The number of aromatic nitrogens is 1. The molecule has 2 atom stereocenters. The highest BCUT2D eigenvalue weighted by molar-refractivity contribution is 5.82. The van der Waals surface area contributed by atoms with Crippen molar-refractivity contribution in [3.63, 3.8) is 0 Å². The van der Waals surface area contributed by atoms with Crippen LogP contribution in [0.2, 0.25) is 0 Å². The molecule has 1 N–H and O–H groups in total. The average Bonchev–Trinajstić information content (AvgIpc) is 2.89. The van der Waals surface area contributed by atoms with Gasteiger partial charge in [-0.1, -0.05) is 54.6 Å². The number of nitrogens with zero attached hydrogens (tertiary/aromatic N) is 2. The van der Waals surface area contributed by atoms with Crippen molar-refractivity contribution in [1.82, 2.24) is 15.2 Å². The molecule has 4 rings (SSSR count). The highest BCUT2D eigenvalue weighted by Crippen LogP contribution is 2.23. The molecule has 6 heteroatoms. The molecule has 1 aliphatic heterocycles. The largest absolute Gasteiger partial charge is 0.493 e. The Labute approximate surface area is 194 Å². The molecule has 2 aromatic carbocycles. The van der Waals surface area contributed by atoms with Crippen LogP contribution in [0.1, 0.15) is 36.6 Å². The molecule has 0 spiro atoms. The number of ether oxygens (including phenoxy) is 1. The summed E-state index contributed by atoms with van der Waals surface area (Å²) in [5.74, 6) is 0.482. The fourth-order valence-corrected chi connectivity index (χ4v) is 4.13. The number of hydrogen-bond acceptors (Lipinski definition) is 4. The zero-order valence-corrected chi connectivity index (χ0v) is 18.6. The molecule has 2 amide bonds. The number of carbonyl (C=O) groups is 2. The molecule has 0 aliphatic carbocycles. The summed E-state index contributed by atoms with van der Waals surface area (Å²) in [6.07, 6.45) is 3.60. The number of pyridine rings is 1. The van der Waals surface area contributed by atoms with Crippen LogP contribution in [0.3, 0.4) is 0 Å². The predicted octanol–water partition coefficient (Wildman–Crippen LogP) is 3.99. The first kappa shape index (κ1) is 22.5. The van der Waals surface area contributed by atoms with Crippen LogP contribution in [0, 0.1) is 5.92 Å². The van der Waals surface area contributed by atoms with Crippen LogP contribution in [0.5, 0.6) is 5.75 Å². The number of para-hydroxylation sites is 1. The van der Waals surface area contributed by atoms with Crippen LogP contribution in [0.25, 0.3) is 0 Å². The molecule has 2 heterocycles. The van der Waals surface area contributed by atoms with Gasteiger partial charge in [-0.25, -0.2) is 0 Å². The molecule has 0 saturated carbocycles. The van der Waals surface area contributed by atoms with Crippen LogP contribution in [-0.2, 0) is 9.59 Å². The highest BCUT2D eigenvalue weighted by Gasteiger charge is 2.30. The number of rotatable bonds is 8. The van der Waals surface area contributed by atoms with E-state index in [9.17, 15) is 9.59 Å². The molecule has 1 aliphatic rings. The monoisotopic (exact) mass is 443 g/mol. The van der Waals surface area contributed by atoms with E-state index in [0.29, 0.717) is 26.1 Å². The third-order valence-corrected chi connectivity index (χ3v) is 5.88. The molecule has 1 saturated heterocycles. The van der Waals surface area contributed by atoms with Crippen molar-refractivity contribution < 1.29 is 14.3 Å². The Bertz CT molecular complexity index is 989. The van der Waals surface area contributed by atoms with Crippen molar-refractivity contribution in [3.05, 3.63) is 96.3 Å². The molecule has 1 fully saturated rings. The Morgan fingerprint density at radius 2 is 1.73 bits per heavy atom. The van der Waals surface area contributed by atoms with Crippen LogP contribution in [-0.4, -0.2) is 41.4 Å². The summed E-state index contributed by atoms with van der Waals surface area (Å²) in [6.45, 7) is 1.43. The number of hydrogen-bond donors (Lipinski definition) is 1. The van der Waals surface area contributed by atoms with Gasteiger partial charge in [0.25, 0.3) is 0 Å². The Morgan fingerprint density at radius 3 is 2.45 bits per heavy atom. The molecule has 3 aromatic rings. The summed E-state index contributed by atoms with van der Waals surface area (Å²) in [5.41, 5.74) is 1.77. The minimum atomic E-state index is -0.328. The van der Waals surface area contributed by atoms with E-state index in [1.807, 2.05) is 78.9 Å². The summed E-state index contributed by atoms with van der Waals surface area (Å²) in [7, 11) is 0. The maximum atomic E-state index is 13.2. The van der Waals surface area contributed by atoms with Crippen LogP contribution < -0.4 is 10.1 Å². The van der Waals surface area contributed by atoms with Crippen molar-refractivity contribution in [2.45, 2.75) is 25.3 Å². The Balaban J connectivity index is 1.35. The highest BCUT2D eigenvalue weighted by atomic mass is 16.5. The zero-order chi connectivity index (χ0) is 22.9. The number of nitrogens with one attached hydrogen (secondary N) is 1. The van der Waals surface area contributed by atoms with E-state index in [1.165, 1.54) is 0 Å². The van der Waals surface area contributed by atoms with E-state index < -0.39 is 0 Å². The number of amides is 2. The van der Waals surface area contributed by atoms with E-state index >= 15 is 0 Å². The normalized spacial score (nSPS) is 16.6. The van der Waals surface area contributed by atoms with Crippen LogP contribution in [0.4, 0.5) is 0 Å². The topological polar surface area (TPSA) is 71.5 Å². The summed E-state index contributed by atoms with van der Waals surface area (Å²) >= 11 is 0. The standard InChI is InChI=1S/C27H29N3O3/c31-25(16-19-33-23-13-5-2-6-14-23)30-18-9-12-22(20-30)27(32)29-26(21-10-3-1-4-11-21)24-15-7-8-17-28-24/h1-8,10-11,13-15,17,22,26H,9,12,16,18-20H2,(H,29,32). The fraction of sp³-hybridized carbons (Fsp3) is 0.296. The first-order chi connectivity index (χ1) is 16.2. The lowest BCUT2D eigenvalue weighted by molar-refractivity contribution is -0.136. The van der Waals surface area contributed by atoms with Crippen molar-refractivity contribution in [3.8, 4) is 5.75 Å². The van der Waals surface area contributed by atoms with Gasteiger partial charge in [0.1, 0.15) is 5.75 Å². The molecule has 0 radical (unpaired) electrons. The molecule has 170 valence electrons. The van der Waals surface area contributed by atoms with Gasteiger partial charge < -0.3 is 15.0 Å². The Morgan fingerprint density at radius 1 is 1.00 bits per heavy atom. The second-order valence-corrected chi connectivity index (χ2v) is 8.20. The van der Waals surface area contributed by atoms with Crippen molar-refractivity contribution >= 4 is 11.8 Å². The second kappa shape index (κ2) is 11.3. The third-order valence-electron chi connectivity index (χ3n) is 5.88. The van der Waals surface area contributed by atoms with Crippen LogP contribution >= 0.6 is 0 Å². The van der Waals surface area contributed by atoms with E-state index in [0.717, 1.165) is 29.8 Å². The van der Waals surface area contributed by atoms with Gasteiger partial charge in [-0.2, -0.15) is 0 Å². The van der Waals surface area contributed by atoms with Crippen LogP contribution in [0.15, 0.2) is 85.1 Å². The maximum absolute atomic E-state index is 13.2. The van der Waals surface area contributed by atoms with Gasteiger partial charge in [0.2, 0.25) is 11.8 Å². The molecule has 2 unspecified atom stereocenters. The summed E-state index contributed by atoms with van der Waals surface area (Å²) in [4.78, 5) is 32.2. The van der Waals surface area contributed by atoms with Crippen molar-refractivity contribution in [2.75, 3.05) is 19.7 Å². The third kappa shape index (κ3) is 6.19. The smallest absolute Gasteiger partial charge is 0.226 e. The SMILES string of the molecule is O=C(NC(c1ccccc1)c1ccccn1)C1CCCN(C(=O)CCOc2ccccc2)C1. The molecular formula is C27H29N3O3. The molecule has 1 aromatic heterocycles. The lowest BCUT2D eigenvalue weighted by atomic mass is 9.95. The summed E-state index contributed by atoms with van der Waals surface area (Å²) in [5, 5.41) is 3.18. The average molecular weight is 444 g/mol. The predicted molar refractivity (Wildman–Crippen MR) is 127 cm³/mol. The summed E-state index contributed by atoms with van der Waals surface area (Å²) < 4.78 is 5.66. The molecule has 33 heavy (non-hydrogen) atoms. The van der Waals surface area contributed by atoms with Gasteiger partial charge in [0.05, 0.1) is 30.7 Å². The van der Waals surface area contributed by atoms with Gasteiger partial charge in [0.15, 0.2) is 0 Å². The van der Waals surface area contributed by atoms with Gasteiger partial charge in [0, 0.05) is 19.3 Å². The first-order valence-electron chi connectivity index (χ1n) is 11.4. The van der Waals surface area contributed by atoms with Crippen molar-refractivity contribution in [2.24, 2.45) is 5.92 Å². The van der Waals surface area contributed by atoms with E-state index in [-0.39, 0.29) is 23.8 Å². The lowest BCUT2D eigenvalue weighted by Gasteiger charge is -2.33. The zero-order valence-electron chi connectivity index (χ0n) is 18.6. The van der Waals surface area contributed by atoms with Gasteiger partial charge in [-0.3, -0.25) is 14.6 Å². The maximum Gasteiger partial charge on any atom is 0.226 e. The number of benzene rings is 2. The second-order valence-electron chi connectivity index (χ2n) is 8.20. The summed E-state index contributed by atoms with van der Waals surface area (Å²) in [6, 6.07) is 24.7. The van der Waals surface area contributed by atoms with Gasteiger partial charge in [-0.05, 0) is 42.7 Å². The number of likely N-dealkylation sites (tertiary alicyclic amines) is 1. The van der Waals surface area contributed by atoms with E-state index in [1.54, 1.807) is 11.1 Å². The molecule has 0 bridgehead atoms. The Hall–Kier alpha value is -3.67. The van der Waals surface area contributed by atoms with E-state index in [4.69, 9.17) is 4.74 Å². The van der Waals surface area contributed by atoms with Crippen molar-refractivity contribution in [1.29, 1.82) is 0 Å². The fourth-order valence-electron chi connectivity index (χ4n) is 4.13. The van der Waals surface area contributed by atoms with Gasteiger partial charge in [-0.15, -0.1) is 0 Å². The minimum Gasteiger partial charge on any atom is -0.493 e. The molecule has 6 nitrogen and oxygen atoms in total. The quantitative estimate of drug-likeness (QED) is 0.571. The molecular weight excluding hydrogens is 414 g/mol. The Kier molecular flexibility index (Phi) is 7.69. The number of carbonyl (C=O) groups excluding carboxylic acids is 2. The lowest BCUT2D eigenvalue weighted by Crippen LogP contribution is -2.46.